The van der Waals surface area contributed by atoms with Gasteiger partial charge in [0.25, 0.3) is 0 Å². The van der Waals surface area contributed by atoms with Crippen LogP contribution in [0.25, 0.3) is 0 Å². The maximum Gasteiger partial charge on any atom is 0.00363 e. The fraction of sp³-hybridized carbons (Fsp3) is 1.00. The second-order valence-corrected chi connectivity index (χ2v) is 7.27. The normalized spacial score (nSPS) is 30.3. The van der Waals surface area contributed by atoms with E-state index in [2.05, 4.69) is 31.0 Å². The van der Waals surface area contributed by atoms with Crippen LogP contribution in [0.4, 0.5) is 0 Å². The summed E-state index contributed by atoms with van der Waals surface area (Å²) in [6.07, 6.45) is 7.00. The van der Waals surface area contributed by atoms with E-state index in [1.165, 1.54) is 64.8 Å². The van der Waals surface area contributed by atoms with Crippen LogP contribution in [0.5, 0.6) is 0 Å². The molecule has 0 aliphatic carbocycles. The lowest BCUT2D eigenvalue weighted by Gasteiger charge is -2.38. The van der Waals surface area contributed by atoms with Gasteiger partial charge >= 0.3 is 0 Å². The molecule has 0 aromatic rings. The first-order valence-electron chi connectivity index (χ1n) is 8.02. The zero-order chi connectivity index (χ0) is 13.0. The second-order valence-electron chi connectivity index (χ2n) is 7.27. The fourth-order valence-corrected chi connectivity index (χ4v) is 3.73. The van der Waals surface area contributed by atoms with Crippen molar-refractivity contribution in [3.63, 3.8) is 0 Å². The highest BCUT2D eigenvalue weighted by molar-refractivity contribution is 4.85. The van der Waals surface area contributed by atoms with E-state index in [0.29, 0.717) is 5.41 Å². The molecule has 0 aromatic carbocycles. The summed E-state index contributed by atoms with van der Waals surface area (Å²) in [5.74, 6) is 1.84. The molecule has 0 spiro atoms. The van der Waals surface area contributed by atoms with E-state index < -0.39 is 0 Å². The van der Waals surface area contributed by atoms with Gasteiger partial charge in [-0.25, -0.2) is 0 Å². The molecule has 1 N–H and O–H groups in total. The lowest BCUT2D eigenvalue weighted by atomic mass is 9.80. The molecule has 2 rings (SSSR count). The number of rotatable bonds is 3. The van der Waals surface area contributed by atoms with E-state index in [4.69, 9.17) is 0 Å². The molecule has 2 fully saturated rings. The molecule has 1 unspecified atom stereocenters. The molecule has 0 saturated carbocycles. The van der Waals surface area contributed by atoms with Crippen molar-refractivity contribution in [2.45, 2.75) is 52.9 Å². The minimum Gasteiger partial charge on any atom is -0.317 e. The molecule has 2 nitrogen and oxygen atoms in total. The molecule has 2 saturated heterocycles. The first-order chi connectivity index (χ1) is 8.59. The van der Waals surface area contributed by atoms with Crippen molar-refractivity contribution in [3.8, 4) is 0 Å². The topological polar surface area (TPSA) is 15.3 Å². The Morgan fingerprint density at radius 2 is 1.89 bits per heavy atom. The van der Waals surface area contributed by atoms with Gasteiger partial charge in [-0.3, -0.25) is 0 Å². The Kier molecular flexibility index (Phi) is 5.08. The van der Waals surface area contributed by atoms with Gasteiger partial charge in [-0.1, -0.05) is 20.8 Å². The predicted molar refractivity (Wildman–Crippen MR) is 78.8 cm³/mol. The Balaban J connectivity index is 1.82. The summed E-state index contributed by atoms with van der Waals surface area (Å²) >= 11 is 0. The van der Waals surface area contributed by atoms with E-state index in [9.17, 15) is 0 Å². The molecule has 18 heavy (non-hydrogen) atoms. The number of piperidine rings is 1. The van der Waals surface area contributed by atoms with E-state index in [-0.39, 0.29) is 0 Å². The summed E-state index contributed by atoms with van der Waals surface area (Å²) in [5.41, 5.74) is 0.572. The number of nitrogens with one attached hydrogen (secondary N) is 1. The molecule has 2 aliphatic heterocycles. The summed E-state index contributed by atoms with van der Waals surface area (Å²) in [7, 11) is 0. The van der Waals surface area contributed by atoms with Crippen molar-refractivity contribution in [2.24, 2.45) is 17.3 Å². The third-order valence-electron chi connectivity index (χ3n) is 5.22. The van der Waals surface area contributed by atoms with E-state index in [1.807, 2.05) is 0 Å². The molecule has 0 bridgehead atoms. The molecule has 1 atom stereocenters. The van der Waals surface area contributed by atoms with Gasteiger partial charge in [0.15, 0.2) is 0 Å². The van der Waals surface area contributed by atoms with E-state index >= 15 is 0 Å². The summed E-state index contributed by atoms with van der Waals surface area (Å²) in [6.45, 7) is 13.7. The fourth-order valence-electron chi connectivity index (χ4n) is 3.73. The summed E-state index contributed by atoms with van der Waals surface area (Å²) < 4.78 is 0. The van der Waals surface area contributed by atoms with Crippen molar-refractivity contribution in [1.82, 2.24) is 10.2 Å². The number of likely N-dealkylation sites (tertiary alicyclic amines) is 1. The van der Waals surface area contributed by atoms with Crippen LogP contribution in [0.3, 0.4) is 0 Å². The minimum atomic E-state index is 0.572. The van der Waals surface area contributed by atoms with Gasteiger partial charge in [0.05, 0.1) is 0 Å². The van der Waals surface area contributed by atoms with Crippen LogP contribution in [0, 0.1) is 17.3 Å². The first-order valence-corrected chi connectivity index (χ1v) is 8.02. The van der Waals surface area contributed by atoms with Crippen molar-refractivity contribution < 1.29 is 0 Å². The summed E-state index contributed by atoms with van der Waals surface area (Å²) in [5, 5.41) is 3.49. The minimum absolute atomic E-state index is 0.572. The number of hydrogen-bond donors (Lipinski definition) is 1. The summed E-state index contributed by atoms with van der Waals surface area (Å²) in [6, 6.07) is 0. The Labute approximate surface area is 114 Å². The third-order valence-corrected chi connectivity index (χ3v) is 5.22. The van der Waals surface area contributed by atoms with Gasteiger partial charge in [0.1, 0.15) is 0 Å². The van der Waals surface area contributed by atoms with Gasteiger partial charge < -0.3 is 10.2 Å². The highest BCUT2D eigenvalue weighted by Gasteiger charge is 2.30. The van der Waals surface area contributed by atoms with Crippen molar-refractivity contribution in [1.29, 1.82) is 0 Å². The van der Waals surface area contributed by atoms with E-state index in [0.717, 1.165) is 11.8 Å². The average Bonchev–Trinajstić information content (AvgIpc) is 2.55. The van der Waals surface area contributed by atoms with Crippen LogP contribution in [-0.2, 0) is 0 Å². The quantitative estimate of drug-likeness (QED) is 0.830. The number of hydrogen-bond acceptors (Lipinski definition) is 2. The Hall–Kier alpha value is -0.0800. The van der Waals surface area contributed by atoms with Gasteiger partial charge in [-0.15, -0.1) is 0 Å². The lowest BCUT2D eigenvalue weighted by molar-refractivity contribution is 0.129. The average molecular weight is 252 g/mol. The van der Waals surface area contributed by atoms with Crippen molar-refractivity contribution in [3.05, 3.63) is 0 Å². The maximum absolute atomic E-state index is 3.49. The van der Waals surface area contributed by atoms with E-state index in [1.54, 1.807) is 0 Å². The van der Waals surface area contributed by atoms with Crippen LogP contribution in [0.2, 0.25) is 0 Å². The maximum atomic E-state index is 3.49. The molecule has 2 aliphatic rings. The Morgan fingerprint density at radius 1 is 1.17 bits per heavy atom. The molecular weight excluding hydrogens is 220 g/mol. The van der Waals surface area contributed by atoms with Crippen LogP contribution < -0.4 is 5.32 Å². The largest absolute Gasteiger partial charge is 0.317 e. The van der Waals surface area contributed by atoms with Crippen LogP contribution in [0.1, 0.15) is 52.9 Å². The zero-order valence-corrected chi connectivity index (χ0v) is 12.7. The Morgan fingerprint density at radius 3 is 2.56 bits per heavy atom. The third kappa shape index (κ3) is 3.96. The lowest BCUT2D eigenvalue weighted by Crippen LogP contribution is -2.43. The predicted octanol–water partition coefficient (Wildman–Crippen LogP) is 3.13. The molecule has 2 heteroatoms. The molecule has 106 valence electrons. The first kappa shape index (κ1) is 14.3. The highest BCUT2D eigenvalue weighted by atomic mass is 15.1. The zero-order valence-electron chi connectivity index (χ0n) is 12.7. The monoisotopic (exact) mass is 252 g/mol. The summed E-state index contributed by atoms with van der Waals surface area (Å²) in [4.78, 5) is 2.76. The number of nitrogens with zero attached hydrogens (tertiary/aromatic N) is 1. The SMILES string of the molecule is CC(C)C1CCCN(CC2(C)CCNCC2)CC1. The Bertz CT molecular complexity index is 243. The van der Waals surface area contributed by atoms with Crippen molar-refractivity contribution >= 4 is 0 Å². The van der Waals surface area contributed by atoms with Crippen LogP contribution in [-0.4, -0.2) is 37.6 Å². The molecule has 0 aromatic heterocycles. The second kappa shape index (κ2) is 6.38. The van der Waals surface area contributed by atoms with Gasteiger partial charge in [0.2, 0.25) is 0 Å². The molecule has 2 heterocycles. The van der Waals surface area contributed by atoms with Crippen LogP contribution in [0.15, 0.2) is 0 Å². The molecule has 0 radical (unpaired) electrons. The van der Waals surface area contributed by atoms with Crippen LogP contribution >= 0.6 is 0 Å². The van der Waals surface area contributed by atoms with Gasteiger partial charge in [-0.2, -0.15) is 0 Å². The van der Waals surface area contributed by atoms with Crippen molar-refractivity contribution in [2.75, 3.05) is 32.7 Å². The van der Waals surface area contributed by atoms with Gasteiger partial charge in [-0.05, 0) is 75.5 Å². The molecular formula is C16H32N2. The molecule has 0 amide bonds. The standard InChI is InChI=1S/C16H32N2/c1-14(2)15-5-4-11-18(12-6-15)13-16(3)7-9-17-10-8-16/h14-15,17H,4-13H2,1-3H3. The smallest absolute Gasteiger partial charge is 0.00363 e. The van der Waals surface area contributed by atoms with Gasteiger partial charge in [0, 0.05) is 6.54 Å². The highest BCUT2D eigenvalue weighted by Crippen LogP contribution is 2.31.